The van der Waals surface area contributed by atoms with Gasteiger partial charge < -0.3 is 14.4 Å². The molecule has 6 nitrogen and oxygen atoms in total. The van der Waals surface area contributed by atoms with Crippen molar-refractivity contribution in [1.82, 2.24) is 0 Å². The van der Waals surface area contributed by atoms with Crippen molar-refractivity contribution >= 4 is 45.1 Å². The number of carbonyl (C=O) groups is 1. The summed E-state index contributed by atoms with van der Waals surface area (Å²) in [6.45, 7) is 4.09. The van der Waals surface area contributed by atoms with Gasteiger partial charge >= 0.3 is 13.2 Å². The summed E-state index contributed by atoms with van der Waals surface area (Å²) in [5, 5.41) is 20.8. The summed E-state index contributed by atoms with van der Waals surface area (Å²) in [5.41, 5.74) is 0.0908. The van der Waals surface area contributed by atoms with Crippen molar-refractivity contribution in [3.8, 4) is 6.07 Å². The van der Waals surface area contributed by atoms with E-state index in [1.165, 1.54) is 12.1 Å². The highest BCUT2D eigenvalue weighted by atomic mass is 32.1. The molecule has 1 amide bonds. The standard InChI is InChI=1S/C14H12BFN2O4S/c1-14(2)6-21-15(22-14)8-3-4-9(16)11-10(8)7(5-17)12(23-11)18-13(19)20/h3-4,18H,6H2,1-2H3,(H,19,20). The molecule has 1 fully saturated rings. The van der Waals surface area contributed by atoms with Crippen LogP contribution in [-0.4, -0.2) is 30.5 Å². The number of nitriles is 1. The Labute approximate surface area is 135 Å². The van der Waals surface area contributed by atoms with Gasteiger partial charge in [-0.3, -0.25) is 5.32 Å². The second kappa shape index (κ2) is 5.49. The average molecular weight is 334 g/mol. The molecule has 0 unspecified atom stereocenters. The maximum Gasteiger partial charge on any atom is 0.495 e. The molecule has 0 spiro atoms. The number of halogens is 1. The van der Waals surface area contributed by atoms with Crippen molar-refractivity contribution in [3.63, 3.8) is 0 Å². The lowest BCUT2D eigenvalue weighted by Gasteiger charge is -2.15. The van der Waals surface area contributed by atoms with E-state index in [1.807, 2.05) is 19.9 Å². The van der Waals surface area contributed by atoms with Crippen molar-refractivity contribution < 1.29 is 23.6 Å². The van der Waals surface area contributed by atoms with E-state index in [9.17, 15) is 14.4 Å². The molecular formula is C14H12BFN2O4S. The number of nitrogens with one attached hydrogen (secondary N) is 1. The molecule has 23 heavy (non-hydrogen) atoms. The van der Waals surface area contributed by atoms with Crippen LogP contribution in [-0.2, 0) is 9.31 Å². The average Bonchev–Trinajstić information content (AvgIpc) is 2.99. The lowest BCUT2D eigenvalue weighted by Crippen LogP contribution is -2.35. The van der Waals surface area contributed by atoms with Gasteiger partial charge in [0, 0.05) is 5.39 Å². The number of thiophene rings is 1. The molecule has 0 saturated carbocycles. The lowest BCUT2D eigenvalue weighted by atomic mass is 9.76. The van der Waals surface area contributed by atoms with Gasteiger partial charge in [0.2, 0.25) is 0 Å². The Morgan fingerprint density at radius 1 is 1.57 bits per heavy atom. The van der Waals surface area contributed by atoms with Gasteiger partial charge in [0.25, 0.3) is 0 Å². The largest absolute Gasteiger partial charge is 0.495 e. The van der Waals surface area contributed by atoms with E-state index in [-0.39, 0.29) is 15.3 Å². The van der Waals surface area contributed by atoms with Crippen LogP contribution in [0.15, 0.2) is 12.1 Å². The van der Waals surface area contributed by atoms with Gasteiger partial charge in [-0.25, -0.2) is 9.18 Å². The minimum absolute atomic E-state index is 0.0683. The van der Waals surface area contributed by atoms with E-state index in [0.29, 0.717) is 17.5 Å². The molecule has 1 aromatic carbocycles. The third-order valence-corrected chi connectivity index (χ3v) is 4.53. The van der Waals surface area contributed by atoms with Gasteiger partial charge in [0.15, 0.2) is 0 Å². The molecule has 1 aromatic heterocycles. The van der Waals surface area contributed by atoms with Gasteiger partial charge in [-0.2, -0.15) is 5.26 Å². The molecule has 2 aromatic rings. The summed E-state index contributed by atoms with van der Waals surface area (Å²) in [4.78, 5) is 10.9. The zero-order chi connectivity index (χ0) is 16.8. The molecular weight excluding hydrogens is 322 g/mol. The van der Waals surface area contributed by atoms with Crippen LogP contribution in [0.1, 0.15) is 19.4 Å². The fourth-order valence-corrected chi connectivity index (χ4v) is 3.55. The first-order valence-corrected chi connectivity index (χ1v) is 7.58. The molecule has 1 aliphatic heterocycles. The summed E-state index contributed by atoms with van der Waals surface area (Å²) in [5.74, 6) is -0.527. The molecule has 1 aliphatic rings. The fraction of sp³-hybridized carbons (Fsp3) is 0.286. The minimum Gasteiger partial charge on any atom is -0.465 e. The Balaban J connectivity index is 2.20. The maximum absolute atomic E-state index is 14.1. The second-order valence-corrected chi connectivity index (χ2v) is 6.73. The van der Waals surface area contributed by atoms with E-state index >= 15 is 0 Å². The molecule has 0 aliphatic carbocycles. The predicted molar refractivity (Wildman–Crippen MR) is 84.6 cm³/mol. The lowest BCUT2D eigenvalue weighted by molar-refractivity contribution is 0.137. The first-order chi connectivity index (χ1) is 10.8. The SMILES string of the molecule is CC1(C)COB(c2ccc(F)c3sc(NC(=O)O)c(C#N)c23)O1. The summed E-state index contributed by atoms with van der Waals surface area (Å²) < 4.78 is 25.7. The monoisotopic (exact) mass is 334 g/mol. The molecule has 0 bridgehead atoms. The zero-order valence-corrected chi connectivity index (χ0v) is 13.2. The predicted octanol–water partition coefficient (Wildman–Crippen LogP) is 2.52. The van der Waals surface area contributed by atoms with E-state index < -0.39 is 24.6 Å². The Kier molecular flexibility index (Phi) is 3.76. The van der Waals surface area contributed by atoms with Gasteiger partial charge in [0.05, 0.1) is 22.5 Å². The highest BCUT2D eigenvalue weighted by molar-refractivity contribution is 7.23. The number of fused-ring (bicyclic) bond motifs is 1. The first-order valence-electron chi connectivity index (χ1n) is 6.77. The third-order valence-electron chi connectivity index (χ3n) is 3.42. The Hall–Kier alpha value is -2.15. The molecule has 0 atom stereocenters. The summed E-state index contributed by atoms with van der Waals surface area (Å²) in [6.07, 6.45) is -1.32. The maximum atomic E-state index is 14.1. The van der Waals surface area contributed by atoms with Crippen LogP contribution in [0, 0.1) is 17.1 Å². The zero-order valence-electron chi connectivity index (χ0n) is 12.3. The molecule has 9 heteroatoms. The number of benzene rings is 1. The summed E-state index contributed by atoms with van der Waals surface area (Å²) >= 11 is 0.876. The van der Waals surface area contributed by atoms with Gasteiger partial charge in [0.1, 0.15) is 16.9 Å². The van der Waals surface area contributed by atoms with E-state index in [1.54, 1.807) is 0 Å². The summed E-state index contributed by atoms with van der Waals surface area (Å²) in [7, 11) is -0.729. The highest BCUT2D eigenvalue weighted by Crippen LogP contribution is 2.36. The van der Waals surface area contributed by atoms with E-state index in [2.05, 4.69) is 5.32 Å². The quantitative estimate of drug-likeness (QED) is 0.824. The molecule has 2 heterocycles. The van der Waals surface area contributed by atoms with Crippen LogP contribution in [0.3, 0.4) is 0 Å². The van der Waals surface area contributed by atoms with Crippen molar-refractivity contribution in [2.75, 3.05) is 11.9 Å². The smallest absolute Gasteiger partial charge is 0.465 e. The topological polar surface area (TPSA) is 91.6 Å². The van der Waals surface area contributed by atoms with Gasteiger partial charge in [-0.1, -0.05) is 6.07 Å². The Morgan fingerprint density at radius 3 is 2.87 bits per heavy atom. The van der Waals surface area contributed by atoms with Gasteiger partial charge in [-0.15, -0.1) is 11.3 Å². The fourth-order valence-electron chi connectivity index (χ4n) is 2.47. The number of hydrogen-bond acceptors (Lipinski definition) is 5. The highest BCUT2D eigenvalue weighted by Gasteiger charge is 2.40. The van der Waals surface area contributed by atoms with Gasteiger partial charge in [-0.05, 0) is 25.4 Å². The summed E-state index contributed by atoms with van der Waals surface area (Å²) in [6, 6.07) is 4.71. The third kappa shape index (κ3) is 2.76. The van der Waals surface area contributed by atoms with Crippen molar-refractivity contribution in [1.29, 1.82) is 5.26 Å². The van der Waals surface area contributed by atoms with Crippen molar-refractivity contribution in [2.45, 2.75) is 19.4 Å². The first kappa shape index (κ1) is 15.7. The Bertz CT molecular complexity index is 845. The number of amides is 1. The van der Waals surface area contributed by atoms with Crippen LogP contribution in [0.2, 0.25) is 0 Å². The van der Waals surface area contributed by atoms with Crippen molar-refractivity contribution in [2.24, 2.45) is 0 Å². The molecule has 0 radical (unpaired) electrons. The van der Waals surface area contributed by atoms with Crippen LogP contribution in [0.5, 0.6) is 0 Å². The van der Waals surface area contributed by atoms with Crippen LogP contribution in [0.4, 0.5) is 14.2 Å². The number of anilines is 1. The van der Waals surface area contributed by atoms with E-state index in [0.717, 1.165) is 11.3 Å². The van der Waals surface area contributed by atoms with E-state index in [4.69, 9.17) is 14.4 Å². The second-order valence-electron chi connectivity index (χ2n) is 5.71. The Morgan fingerprint density at radius 2 is 2.30 bits per heavy atom. The minimum atomic E-state index is -1.32. The van der Waals surface area contributed by atoms with Crippen LogP contribution >= 0.6 is 11.3 Å². The number of carboxylic acid groups (broad SMARTS) is 1. The number of rotatable bonds is 2. The van der Waals surface area contributed by atoms with Crippen LogP contribution < -0.4 is 10.8 Å². The number of nitrogens with zero attached hydrogens (tertiary/aromatic N) is 1. The molecule has 118 valence electrons. The van der Waals surface area contributed by atoms with Crippen LogP contribution in [0.25, 0.3) is 10.1 Å². The normalized spacial score (nSPS) is 16.5. The number of hydrogen-bond donors (Lipinski definition) is 2. The van der Waals surface area contributed by atoms with Crippen molar-refractivity contribution in [3.05, 3.63) is 23.5 Å². The molecule has 1 saturated heterocycles. The molecule has 2 N–H and O–H groups in total. The molecule has 3 rings (SSSR count).